The highest BCUT2D eigenvalue weighted by molar-refractivity contribution is 6.12. The third kappa shape index (κ3) is 4.38. The van der Waals surface area contributed by atoms with Crippen molar-refractivity contribution in [2.75, 3.05) is 18.6 Å². The van der Waals surface area contributed by atoms with Crippen molar-refractivity contribution in [3.05, 3.63) is 41.7 Å². The molecule has 2 heterocycles. The monoisotopic (exact) mass is 468 g/mol. The molecule has 1 unspecified atom stereocenters. The lowest BCUT2D eigenvalue weighted by molar-refractivity contribution is -0.127. The second-order valence-electron chi connectivity index (χ2n) is 9.34. The first-order valence-electron chi connectivity index (χ1n) is 11.8. The summed E-state index contributed by atoms with van der Waals surface area (Å²) in [6.07, 6.45) is 3.95. The molecule has 2 amide bonds. The summed E-state index contributed by atoms with van der Waals surface area (Å²) in [6, 6.07) is 8.54. The molecule has 1 saturated carbocycles. The summed E-state index contributed by atoms with van der Waals surface area (Å²) in [6.45, 7) is 5.96. The Morgan fingerprint density at radius 2 is 1.94 bits per heavy atom. The lowest BCUT2D eigenvalue weighted by atomic mass is 9.86. The third-order valence-corrected chi connectivity index (χ3v) is 6.79. The van der Waals surface area contributed by atoms with Crippen LogP contribution in [0, 0.1) is 5.92 Å². The molecule has 1 fully saturated rings. The number of rotatable bonds is 6. The number of nitrogens with zero attached hydrogens (tertiary/aromatic N) is 3. The van der Waals surface area contributed by atoms with Crippen LogP contribution in [0.2, 0.25) is 0 Å². The number of fused-ring (bicyclic) bond motifs is 1. The fourth-order valence-corrected chi connectivity index (χ4v) is 4.79. The molecular weight excluding hydrogens is 436 g/mol. The standard InChI is InChI=1S/C25H32N4O5/c1-5-34-23(31)20-14-21-22(30)29(18-7-6-8-19(13-18)33-4)25(3,15-28(21)27-20)24(32)26-17-11-9-16(2)10-12-17/h6-8,13-14,16-17H,5,9-12,15H2,1-4H3,(H,26,32). The van der Waals surface area contributed by atoms with E-state index < -0.39 is 17.4 Å². The number of amides is 2. The molecule has 1 atom stereocenters. The Labute approximate surface area is 199 Å². The number of anilines is 1. The van der Waals surface area contributed by atoms with E-state index in [4.69, 9.17) is 9.47 Å². The van der Waals surface area contributed by atoms with E-state index >= 15 is 0 Å². The maximum absolute atomic E-state index is 13.8. The molecule has 1 aromatic carbocycles. The van der Waals surface area contributed by atoms with E-state index in [2.05, 4.69) is 17.3 Å². The number of ether oxygens (including phenoxy) is 2. The van der Waals surface area contributed by atoms with Crippen LogP contribution in [0.1, 0.15) is 67.4 Å². The van der Waals surface area contributed by atoms with Crippen LogP contribution in [0.4, 0.5) is 5.69 Å². The van der Waals surface area contributed by atoms with E-state index in [0.717, 1.165) is 25.7 Å². The SMILES string of the molecule is CCOC(=O)c1cc2n(n1)CC(C)(C(=O)NC1CCC(C)CC1)N(c1cccc(OC)c1)C2=O. The first-order chi connectivity index (χ1) is 16.3. The molecule has 9 nitrogen and oxygen atoms in total. The number of benzene rings is 1. The maximum Gasteiger partial charge on any atom is 0.358 e. The van der Waals surface area contributed by atoms with Crippen molar-refractivity contribution in [1.29, 1.82) is 0 Å². The fraction of sp³-hybridized carbons (Fsp3) is 0.520. The lowest BCUT2D eigenvalue weighted by Gasteiger charge is -2.44. The van der Waals surface area contributed by atoms with E-state index in [-0.39, 0.29) is 36.5 Å². The first-order valence-corrected chi connectivity index (χ1v) is 11.8. The zero-order valence-corrected chi connectivity index (χ0v) is 20.2. The Morgan fingerprint density at radius 3 is 2.62 bits per heavy atom. The van der Waals surface area contributed by atoms with Gasteiger partial charge in [-0.1, -0.05) is 13.0 Å². The lowest BCUT2D eigenvalue weighted by Crippen LogP contribution is -2.65. The van der Waals surface area contributed by atoms with Gasteiger partial charge < -0.3 is 14.8 Å². The summed E-state index contributed by atoms with van der Waals surface area (Å²) in [5, 5.41) is 7.49. The van der Waals surface area contributed by atoms with Gasteiger partial charge in [0, 0.05) is 23.9 Å². The number of methoxy groups -OCH3 is 1. The van der Waals surface area contributed by atoms with Crippen molar-refractivity contribution < 1.29 is 23.9 Å². The van der Waals surface area contributed by atoms with Gasteiger partial charge in [-0.15, -0.1) is 0 Å². The van der Waals surface area contributed by atoms with Crippen LogP contribution in [0.25, 0.3) is 0 Å². The number of carbonyl (C=O) groups excluding carboxylic acids is 3. The second-order valence-corrected chi connectivity index (χ2v) is 9.34. The molecule has 1 N–H and O–H groups in total. The highest BCUT2D eigenvalue weighted by atomic mass is 16.5. The Morgan fingerprint density at radius 1 is 1.21 bits per heavy atom. The number of aromatic nitrogens is 2. The summed E-state index contributed by atoms with van der Waals surface area (Å²) in [5.74, 6) is -0.0473. The van der Waals surface area contributed by atoms with Gasteiger partial charge in [-0.25, -0.2) is 4.79 Å². The normalized spacial score (nSPS) is 24.4. The predicted octanol–water partition coefficient (Wildman–Crippen LogP) is 3.18. The molecular formula is C25H32N4O5. The largest absolute Gasteiger partial charge is 0.497 e. The molecule has 0 saturated heterocycles. The number of esters is 1. The fourth-order valence-electron chi connectivity index (χ4n) is 4.79. The summed E-state index contributed by atoms with van der Waals surface area (Å²) < 4.78 is 11.8. The van der Waals surface area contributed by atoms with Crippen LogP contribution >= 0.6 is 0 Å². The zero-order chi connectivity index (χ0) is 24.5. The molecule has 2 aliphatic rings. The van der Waals surface area contributed by atoms with Crippen LogP contribution in [0.15, 0.2) is 30.3 Å². The molecule has 9 heteroatoms. The number of hydrogen-bond donors (Lipinski definition) is 1. The van der Waals surface area contributed by atoms with E-state index in [9.17, 15) is 14.4 Å². The van der Waals surface area contributed by atoms with Gasteiger partial charge in [-0.2, -0.15) is 5.10 Å². The van der Waals surface area contributed by atoms with Gasteiger partial charge in [-0.3, -0.25) is 19.2 Å². The molecule has 1 aliphatic carbocycles. The molecule has 2 aromatic rings. The van der Waals surface area contributed by atoms with Gasteiger partial charge >= 0.3 is 5.97 Å². The van der Waals surface area contributed by atoms with E-state index in [1.165, 1.54) is 15.6 Å². The summed E-state index contributed by atoms with van der Waals surface area (Å²) >= 11 is 0. The Balaban J connectivity index is 1.73. The molecule has 0 radical (unpaired) electrons. The average Bonchev–Trinajstić information content (AvgIpc) is 3.25. The smallest absolute Gasteiger partial charge is 0.358 e. The first kappa shape index (κ1) is 23.8. The quantitative estimate of drug-likeness (QED) is 0.654. The van der Waals surface area contributed by atoms with Crippen LogP contribution in [0.3, 0.4) is 0 Å². The van der Waals surface area contributed by atoms with E-state index in [1.54, 1.807) is 45.2 Å². The van der Waals surface area contributed by atoms with Crippen molar-refractivity contribution in [2.45, 2.75) is 64.6 Å². The zero-order valence-electron chi connectivity index (χ0n) is 20.2. The molecule has 1 aliphatic heterocycles. The molecule has 0 bridgehead atoms. The highest BCUT2D eigenvalue weighted by Gasteiger charge is 2.49. The Kier molecular flexibility index (Phi) is 6.63. The van der Waals surface area contributed by atoms with E-state index in [0.29, 0.717) is 17.4 Å². The summed E-state index contributed by atoms with van der Waals surface area (Å²) in [5.41, 5.74) is -0.467. The number of carbonyl (C=O) groups is 3. The van der Waals surface area contributed by atoms with Crippen molar-refractivity contribution in [1.82, 2.24) is 15.1 Å². The van der Waals surface area contributed by atoms with Gasteiger partial charge in [0.15, 0.2) is 5.69 Å². The minimum Gasteiger partial charge on any atom is -0.497 e. The highest BCUT2D eigenvalue weighted by Crippen LogP contribution is 2.35. The predicted molar refractivity (Wildman–Crippen MR) is 126 cm³/mol. The number of hydrogen-bond acceptors (Lipinski definition) is 6. The van der Waals surface area contributed by atoms with Gasteiger partial charge in [0.05, 0.1) is 20.3 Å². The van der Waals surface area contributed by atoms with Crippen LogP contribution in [-0.2, 0) is 16.1 Å². The molecule has 4 rings (SSSR count). The van der Waals surface area contributed by atoms with Crippen LogP contribution in [0.5, 0.6) is 5.75 Å². The van der Waals surface area contributed by atoms with Crippen LogP contribution < -0.4 is 15.0 Å². The molecule has 1 aromatic heterocycles. The second kappa shape index (κ2) is 9.48. The minimum atomic E-state index is -1.27. The molecule has 182 valence electrons. The average molecular weight is 469 g/mol. The topological polar surface area (TPSA) is 103 Å². The van der Waals surface area contributed by atoms with E-state index in [1.807, 2.05) is 0 Å². The summed E-state index contributed by atoms with van der Waals surface area (Å²) in [7, 11) is 1.55. The van der Waals surface area contributed by atoms with Gasteiger partial charge in [-0.05, 0) is 57.6 Å². The maximum atomic E-state index is 13.8. The van der Waals surface area contributed by atoms with Gasteiger partial charge in [0.2, 0.25) is 5.91 Å². The van der Waals surface area contributed by atoms with Gasteiger partial charge in [0.25, 0.3) is 5.91 Å². The Bertz CT molecular complexity index is 1090. The summed E-state index contributed by atoms with van der Waals surface area (Å²) in [4.78, 5) is 41.3. The molecule has 34 heavy (non-hydrogen) atoms. The number of nitrogens with one attached hydrogen (secondary N) is 1. The van der Waals surface area contributed by atoms with Gasteiger partial charge in [0.1, 0.15) is 17.0 Å². The van der Waals surface area contributed by atoms with Crippen molar-refractivity contribution in [2.24, 2.45) is 5.92 Å². The Hall–Kier alpha value is -3.36. The third-order valence-electron chi connectivity index (χ3n) is 6.79. The van der Waals surface area contributed by atoms with Crippen molar-refractivity contribution in [3.8, 4) is 5.75 Å². The minimum absolute atomic E-state index is 0.0433. The van der Waals surface area contributed by atoms with Crippen molar-refractivity contribution in [3.63, 3.8) is 0 Å². The molecule has 0 spiro atoms. The van der Waals surface area contributed by atoms with Crippen LogP contribution in [-0.4, -0.2) is 52.9 Å². The van der Waals surface area contributed by atoms with Crippen molar-refractivity contribution >= 4 is 23.5 Å².